The van der Waals surface area contributed by atoms with E-state index < -0.39 is 0 Å². The molecule has 6 rings (SSSR count). The maximum atomic E-state index is 13.5. The van der Waals surface area contributed by atoms with Gasteiger partial charge < -0.3 is 9.84 Å². The zero-order valence-electron chi connectivity index (χ0n) is 17.0. The molecule has 5 nitrogen and oxygen atoms in total. The predicted octanol–water partition coefficient (Wildman–Crippen LogP) is 4.40. The minimum atomic E-state index is -0.253. The summed E-state index contributed by atoms with van der Waals surface area (Å²) in [4.78, 5) is 17.8. The molecule has 28 heavy (non-hydrogen) atoms. The zero-order chi connectivity index (χ0) is 19.5. The molecule has 0 spiro atoms. The second-order valence-corrected chi connectivity index (χ2v) is 9.76. The van der Waals surface area contributed by atoms with Gasteiger partial charge in [-0.25, -0.2) is 0 Å². The lowest BCUT2D eigenvalue weighted by atomic mass is 9.42. The Balaban J connectivity index is 1.43. The minimum Gasteiger partial charge on any atom is -0.344 e. The number of rotatable bonds is 4. The summed E-state index contributed by atoms with van der Waals surface area (Å²) in [7, 11) is 0. The molecule has 1 aromatic heterocycles. The lowest BCUT2D eigenvalue weighted by molar-refractivity contribution is -0.150. The Kier molecular flexibility index (Phi) is 3.94. The lowest BCUT2D eigenvalue weighted by Crippen LogP contribution is -2.59. The first kappa shape index (κ1) is 17.9. The molecule has 4 aliphatic rings. The maximum absolute atomic E-state index is 13.5. The van der Waals surface area contributed by atoms with Gasteiger partial charge in [0.1, 0.15) is 6.04 Å². The van der Waals surface area contributed by atoms with E-state index in [1.807, 2.05) is 6.92 Å². The first-order chi connectivity index (χ1) is 13.4. The fourth-order valence-corrected chi connectivity index (χ4v) is 6.67. The molecule has 3 unspecified atom stereocenters. The topological polar surface area (TPSA) is 68.0 Å². The van der Waals surface area contributed by atoms with Gasteiger partial charge in [0.25, 0.3) is 0 Å². The third kappa shape index (κ3) is 2.78. The van der Waals surface area contributed by atoms with Crippen LogP contribution in [-0.2, 0) is 10.2 Å². The van der Waals surface area contributed by atoms with E-state index >= 15 is 0 Å². The molecule has 1 N–H and O–H groups in total. The first-order valence-corrected chi connectivity index (χ1v) is 10.6. The fraction of sp³-hybridized carbons (Fsp3) is 0.609. The number of hydrogen-bond acceptors (Lipinski definition) is 4. The normalized spacial score (nSPS) is 34.4. The van der Waals surface area contributed by atoms with E-state index in [1.165, 1.54) is 30.4 Å². The van der Waals surface area contributed by atoms with Crippen LogP contribution in [0.25, 0.3) is 0 Å². The number of aromatic nitrogens is 2. The van der Waals surface area contributed by atoms with Crippen LogP contribution in [0, 0.1) is 31.1 Å². The van der Waals surface area contributed by atoms with Crippen molar-refractivity contribution in [3.8, 4) is 0 Å². The third-order valence-electron chi connectivity index (χ3n) is 7.47. The standard InChI is InChI=1S/C23H29N3O2/c1-14-4-6-19(7-5-14)22-9-17-8-18(10-22)12-23(11-17,13-22)21(27)24-15(2)20-25-16(3)26-28-20/h4-7,15,17-18H,8-13H2,1-3H3,(H,24,27). The van der Waals surface area contributed by atoms with Gasteiger partial charge in [-0.05, 0) is 82.1 Å². The average Bonchev–Trinajstić information content (AvgIpc) is 3.07. The van der Waals surface area contributed by atoms with Crippen molar-refractivity contribution in [1.82, 2.24) is 15.5 Å². The zero-order valence-corrected chi connectivity index (χ0v) is 17.0. The van der Waals surface area contributed by atoms with Crippen LogP contribution in [0.1, 0.15) is 74.3 Å². The van der Waals surface area contributed by atoms with Crippen LogP contribution in [0.4, 0.5) is 0 Å². The molecule has 4 saturated carbocycles. The van der Waals surface area contributed by atoms with Crippen molar-refractivity contribution in [2.75, 3.05) is 0 Å². The number of carbonyl (C=O) groups excluding carboxylic acids is 1. The van der Waals surface area contributed by atoms with E-state index in [0.29, 0.717) is 23.6 Å². The van der Waals surface area contributed by atoms with Crippen LogP contribution in [0.15, 0.2) is 28.8 Å². The van der Waals surface area contributed by atoms with Gasteiger partial charge in [0.15, 0.2) is 5.82 Å². The van der Waals surface area contributed by atoms with E-state index in [4.69, 9.17) is 4.52 Å². The average molecular weight is 380 g/mol. The van der Waals surface area contributed by atoms with Crippen LogP contribution in [0.3, 0.4) is 0 Å². The van der Waals surface area contributed by atoms with Gasteiger partial charge in [-0.2, -0.15) is 4.98 Å². The van der Waals surface area contributed by atoms with Crippen LogP contribution in [-0.4, -0.2) is 16.0 Å². The van der Waals surface area contributed by atoms with Gasteiger partial charge >= 0.3 is 0 Å². The van der Waals surface area contributed by atoms with E-state index in [1.54, 1.807) is 6.92 Å². The molecule has 1 aromatic carbocycles. The largest absolute Gasteiger partial charge is 0.344 e. The number of hydrogen-bond donors (Lipinski definition) is 1. The summed E-state index contributed by atoms with van der Waals surface area (Å²) in [6.45, 7) is 5.87. The maximum Gasteiger partial charge on any atom is 0.248 e. The number of benzene rings is 1. The molecule has 0 saturated heterocycles. The van der Waals surface area contributed by atoms with Crippen LogP contribution < -0.4 is 5.32 Å². The van der Waals surface area contributed by atoms with E-state index in [9.17, 15) is 4.79 Å². The van der Waals surface area contributed by atoms with Crippen molar-refractivity contribution in [3.05, 3.63) is 47.1 Å². The molecule has 5 heteroatoms. The highest BCUT2D eigenvalue weighted by molar-refractivity contribution is 5.83. The highest BCUT2D eigenvalue weighted by Crippen LogP contribution is 2.65. The number of aryl methyl sites for hydroxylation is 2. The molecular formula is C23H29N3O2. The molecule has 148 valence electrons. The summed E-state index contributed by atoms with van der Waals surface area (Å²) in [5.41, 5.74) is 2.65. The van der Waals surface area contributed by atoms with Crippen molar-refractivity contribution < 1.29 is 9.32 Å². The fourth-order valence-electron chi connectivity index (χ4n) is 6.67. The van der Waals surface area contributed by atoms with Gasteiger partial charge in [-0.1, -0.05) is 35.0 Å². The lowest BCUT2D eigenvalue weighted by Gasteiger charge is -2.61. The highest BCUT2D eigenvalue weighted by atomic mass is 16.5. The molecule has 4 bridgehead atoms. The molecular weight excluding hydrogens is 350 g/mol. The molecule has 0 radical (unpaired) electrons. The summed E-state index contributed by atoms with van der Waals surface area (Å²) >= 11 is 0. The Hall–Kier alpha value is -2.17. The number of carbonyl (C=O) groups is 1. The second kappa shape index (κ2) is 6.16. The molecule has 0 aliphatic heterocycles. The number of nitrogens with one attached hydrogen (secondary N) is 1. The Morgan fingerprint density at radius 3 is 2.43 bits per heavy atom. The van der Waals surface area contributed by atoms with Gasteiger partial charge in [-0.3, -0.25) is 4.79 Å². The molecule has 3 atom stereocenters. The Morgan fingerprint density at radius 2 is 1.82 bits per heavy atom. The van der Waals surface area contributed by atoms with E-state index in [0.717, 1.165) is 19.3 Å². The number of amides is 1. The Labute approximate surface area is 166 Å². The van der Waals surface area contributed by atoms with Crippen molar-refractivity contribution in [2.24, 2.45) is 17.3 Å². The van der Waals surface area contributed by atoms with Gasteiger partial charge in [-0.15, -0.1) is 0 Å². The molecule has 4 aliphatic carbocycles. The van der Waals surface area contributed by atoms with E-state index in [-0.39, 0.29) is 22.8 Å². The van der Waals surface area contributed by atoms with Crippen molar-refractivity contribution in [3.63, 3.8) is 0 Å². The van der Waals surface area contributed by atoms with Crippen LogP contribution >= 0.6 is 0 Å². The first-order valence-electron chi connectivity index (χ1n) is 10.6. The minimum absolute atomic E-state index is 0.166. The second-order valence-electron chi connectivity index (χ2n) is 9.76. The van der Waals surface area contributed by atoms with Crippen molar-refractivity contribution >= 4 is 5.91 Å². The third-order valence-corrected chi connectivity index (χ3v) is 7.47. The number of nitrogens with zero attached hydrogens (tertiary/aromatic N) is 2. The molecule has 1 amide bonds. The Morgan fingerprint density at radius 1 is 1.14 bits per heavy atom. The van der Waals surface area contributed by atoms with Crippen LogP contribution in [0.5, 0.6) is 0 Å². The SMILES string of the molecule is Cc1ccc(C23CC4CC(CC(C(=O)NC(C)c5nc(C)no5)(C4)C2)C3)cc1. The predicted molar refractivity (Wildman–Crippen MR) is 106 cm³/mol. The summed E-state index contributed by atoms with van der Waals surface area (Å²) in [6.07, 6.45) is 6.79. The summed E-state index contributed by atoms with van der Waals surface area (Å²) < 4.78 is 5.27. The van der Waals surface area contributed by atoms with Crippen LogP contribution in [0.2, 0.25) is 0 Å². The monoisotopic (exact) mass is 379 g/mol. The smallest absolute Gasteiger partial charge is 0.248 e. The Bertz CT molecular complexity index is 887. The molecule has 1 heterocycles. The van der Waals surface area contributed by atoms with E-state index in [2.05, 4.69) is 46.6 Å². The highest BCUT2D eigenvalue weighted by Gasteiger charge is 2.61. The molecule has 2 aromatic rings. The summed E-state index contributed by atoms with van der Waals surface area (Å²) in [5.74, 6) is 2.60. The van der Waals surface area contributed by atoms with Crippen molar-refractivity contribution in [2.45, 2.75) is 70.8 Å². The van der Waals surface area contributed by atoms with Gasteiger partial charge in [0, 0.05) is 0 Å². The van der Waals surface area contributed by atoms with Gasteiger partial charge in [0.05, 0.1) is 5.41 Å². The summed E-state index contributed by atoms with van der Waals surface area (Å²) in [6, 6.07) is 8.80. The molecule has 4 fully saturated rings. The van der Waals surface area contributed by atoms with Gasteiger partial charge in [0.2, 0.25) is 11.8 Å². The van der Waals surface area contributed by atoms with Crippen molar-refractivity contribution in [1.29, 1.82) is 0 Å². The summed E-state index contributed by atoms with van der Waals surface area (Å²) in [5, 5.41) is 7.07. The quantitative estimate of drug-likeness (QED) is 0.855.